The van der Waals surface area contributed by atoms with Gasteiger partial charge in [0.15, 0.2) is 0 Å². The molecule has 30 heavy (non-hydrogen) atoms. The molecule has 5 aliphatic rings. The van der Waals surface area contributed by atoms with Gasteiger partial charge in [0.1, 0.15) is 11.2 Å². The first kappa shape index (κ1) is 17.8. The SMILES string of the molecule is Cc1ccc2c(oc3ccccc32)c1C12CC3CC(C1)C1(CCCCC1)N(C3)[C@@H]2C. The highest BCUT2D eigenvalue weighted by Crippen LogP contribution is 2.64. The highest BCUT2D eigenvalue weighted by Gasteiger charge is 2.65. The van der Waals surface area contributed by atoms with Crippen LogP contribution >= 0.6 is 0 Å². The summed E-state index contributed by atoms with van der Waals surface area (Å²) in [6, 6.07) is 13.9. The number of fused-ring (bicyclic) bond motifs is 3. The van der Waals surface area contributed by atoms with E-state index in [4.69, 9.17) is 4.42 Å². The molecule has 0 radical (unpaired) electrons. The number of aryl methyl sites for hydroxylation is 1. The van der Waals surface area contributed by atoms with Crippen molar-refractivity contribution in [3.8, 4) is 0 Å². The summed E-state index contributed by atoms with van der Waals surface area (Å²) in [7, 11) is 0. The van der Waals surface area contributed by atoms with E-state index < -0.39 is 0 Å². The fraction of sp³-hybridized carbons (Fsp3) is 0.571. The van der Waals surface area contributed by atoms with E-state index in [2.05, 4.69) is 55.1 Å². The fourth-order valence-electron chi connectivity index (χ4n) is 8.81. The number of hydrogen-bond donors (Lipinski definition) is 0. The molecule has 4 bridgehead atoms. The Hall–Kier alpha value is -1.80. The van der Waals surface area contributed by atoms with Crippen molar-refractivity contribution in [3.63, 3.8) is 0 Å². The van der Waals surface area contributed by atoms with Crippen molar-refractivity contribution in [1.82, 2.24) is 4.90 Å². The number of para-hydroxylation sites is 1. The van der Waals surface area contributed by atoms with Crippen LogP contribution in [0.3, 0.4) is 0 Å². The molecule has 2 heteroatoms. The molecular formula is C28H33NO. The number of rotatable bonds is 1. The zero-order valence-corrected chi connectivity index (χ0v) is 18.4. The van der Waals surface area contributed by atoms with E-state index in [1.54, 1.807) is 5.56 Å². The monoisotopic (exact) mass is 399 g/mol. The maximum Gasteiger partial charge on any atom is 0.139 e. The summed E-state index contributed by atoms with van der Waals surface area (Å²) >= 11 is 0. The van der Waals surface area contributed by atoms with E-state index in [-0.39, 0.29) is 5.41 Å². The standard InChI is InChI=1S/C28H33NO/c1-18-10-11-23-22-8-4-5-9-24(22)30-26(23)25(18)27-15-20-14-21(16-27)28(12-6-3-7-13-28)29(17-20)19(27)2/h4-5,8-11,19-21H,3,6-7,12-17H2,1-2H3/t19-,20?,21?,27?/m1/s1. The summed E-state index contributed by atoms with van der Waals surface area (Å²) in [4.78, 5) is 3.03. The van der Waals surface area contributed by atoms with Gasteiger partial charge in [-0.15, -0.1) is 0 Å². The summed E-state index contributed by atoms with van der Waals surface area (Å²) < 4.78 is 6.62. The van der Waals surface area contributed by atoms with Crippen LogP contribution in [0.5, 0.6) is 0 Å². The second-order valence-corrected chi connectivity index (χ2v) is 11.1. The Balaban J connectivity index is 1.45. The molecule has 0 amide bonds. The number of benzene rings is 2. The lowest BCUT2D eigenvalue weighted by Gasteiger charge is -2.71. The minimum atomic E-state index is 0.256. The molecule has 3 aliphatic heterocycles. The van der Waals surface area contributed by atoms with Crippen LogP contribution in [0.2, 0.25) is 0 Å². The topological polar surface area (TPSA) is 16.4 Å². The molecule has 3 saturated heterocycles. The van der Waals surface area contributed by atoms with Gasteiger partial charge in [-0.25, -0.2) is 0 Å². The molecule has 8 rings (SSSR count). The zero-order valence-electron chi connectivity index (χ0n) is 18.4. The van der Waals surface area contributed by atoms with Crippen molar-refractivity contribution >= 4 is 21.9 Å². The molecule has 2 saturated carbocycles. The molecule has 2 aliphatic carbocycles. The van der Waals surface area contributed by atoms with Crippen molar-refractivity contribution in [2.24, 2.45) is 11.8 Å². The van der Waals surface area contributed by atoms with Gasteiger partial charge >= 0.3 is 0 Å². The van der Waals surface area contributed by atoms with Gasteiger partial charge in [0, 0.05) is 39.9 Å². The zero-order chi connectivity index (χ0) is 20.1. The Labute approximate surface area is 179 Å². The van der Waals surface area contributed by atoms with Crippen molar-refractivity contribution < 1.29 is 4.42 Å². The predicted molar refractivity (Wildman–Crippen MR) is 123 cm³/mol. The van der Waals surface area contributed by atoms with Gasteiger partial charge in [-0.1, -0.05) is 49.6 Å². The van der Waals surface area contributed by atoms with Crippen LogP contribution in [0.15, 0.2) is 40.8 Å². The molecular weight excluding hydrogens is 366 g/mol. The normalized spacial score (nSPS) is 36.9. The third-order valence-corrected chi connectivity index (χ3v) is 9.91. The molecule has 1 spiro atoms. The first-order valence-electron chi connectivity index (χ1n) is 12.3. The smallest absolute Gasteiger partial charge is 0.139 e. The van der Waals surface area contributed by atoms with Gasteiger partial charge in [0.2, 0.25) is 0 Å². The molecule has 3 aromatic rings. The van der Waals surface area contributed by atoms with Crippen molar-refractivity contribution in [3.05, 3.63) is 47.5 Å². The first-order valence-corrected chi connectivity index (χ1v) is 12.3. The molecule has 5 fully saturated rings. The van der Waals surface area contributed by atoms with Gasteiger partial charge < -0.3 is 4.42 Å². The second-order valence-electron chi connectivity index (χ2n) is 11.1. The van der Waals surface area contributed by atoms with Crippen LogP contribution in [0, 0.1) is 18.8 Å². The van der Waals surface area contributed by atoms with E-state index >= 15 is 0 Å². The predicted octanol–water partition coefficient (Wildman–Crippen LogP) is 6.97. The van der Waals surface area contributed by atoms with E-state index in [9.17, 15) is 0 Å². The minimum absolute atomic E-state index is 0.256. The van der Waals surface area contributed by atoms with Crippen LogP contribution in [-0.2, 0) is 5.41 Å². The number of piperidine rings is 3. The summed E-state index contributed by atoms with van der Waals surface area (Å²) in [5, 5.41) is 2.59. The Morgan fingerprint density at radius 2 is 1.80 bits per heavy atom. The molecule has 5 atom stereocenters. The summed E-state index contributed by atoms with van der Waals surface area (Å²) in [6.07, 6.45) is 11.4. The van der Waals surface area contributed by atoms with Gasteiger partial charge in [0.05, 0.1) is 0 Å². The quantitative estimate of drug-likeness (QED) is 0.439. The maximum atomic E-state index is 6.62. The van der Waals surface area contributed by atoms with E-state index in [1.807, 2.05) is 0 Å². The van der Waals surface area contributed by atoms with Crippen LogP contribution in [0.25, 0.3) is 21.9 Å². The molecule has 2 nitrogen and oxygen atoms in total. The molecule has 0 N–H and O–H groups in total. The Morgan fingerprint density at radius 3 is 2.67 bits per heavy atom. The van der Waals surface area contributed by atoms with Crippen LogP contribution in [0.4, 0.5) is 0 Å². The summed E-state index contributed by atoms with van der Waals surface area (Å²) in [6.45, 7) is 6.24. The largest absolute Gasteiger partial charge is 0.456 e. The molecule has 4 unspecified atom stereocenters. The fourth-order valence-corrected chi connectivity index (χ4v) is 8.81. The van der Waals surface area contributed by atoms with Crippen molar-refractivity contribution in [2.45, 2.75) is 82.2 Å². The molecule has 4 heterocycles. The highest BCUT2D eigenvalue weighted by molar-refractivity contribution is 6.06. The molecule has 156 valence electrons. The van der Waals surface area contributed by atoms with E-state index in [0.717, 1.165) is 17.4 Å². The number of furan rings is 1. The van der Waals surface area contributed by atoms with Gasteiger partial charge in [-0.3, -0.25) is 4.90 Å². The third-order valence-electron chi connectivity index (χ3n) is 9.91. The maximum absolute atomic E-state index is 6.62. The highest BCUT2D eigenvalue weighted by atomic mass is 16.3. The Kier molecular flexibility index (Phi) is 3.51. The number of nitrogens with zero attached hydrogens (tertiary/aromatic N) is 1. The van der Waals surface area contributed by atoms with Crippen molar-refractivity contribution in [2.75, 3.05) is 6.54 Å². The lowest BCUT2D eigenvalue weighted by molar-refractivity contribution is -0.182. The average molecular weight is 400 g/mol. The van der Waals surface area contributed by atoms with Crippen LogP contribution in [0.1, 0.15) is 69.4 Å². The van der Waals surface area contributed by atoms with Crippen LogP contribution < -0.4 is 0 Å². The lowest BCUT2D eigenvalue weighted by Crippen LogP contribution is -2.75. The summed E-state index contributed by atoms with van der Waals surface area (Å²) in [5.41, 5.74) is 5.98. The van der Waals surface area contributed by atoms with Crippen LogP contribution in [-0.4, -0.2) is 23.0 Å². The van der Waals surface area contributed by atoms with E-state index in [0.29, 0.717) is 11.6 Å². The summed E-state index contributed by atoms with van der Waals surface area (Å²) in [5.74, 6) is 1.74. The molecule has 2 aromatic carbocycles. The third kappa shape index (κ3) is 2.04. The second kappa shape index (κ2) is 5.91. The van der Waals surface area contributed by atoms with Gasteiger partial charge in [-0.2, -0.15) is 0 Å². The van der Waals surface area contributed by atoms with Gasteiger partial charge in [0.25, 0.3) is 0 Å². The average Bonchev–Trinajstić information content (AvgIpc) is 3.13. The first-order chi connectivity index (χ1) is 14.6. The van der Waals surface area contributed by atoms with Gasteiger partial charge in [-0.05, 0) is 69.4 Å². The minimum Gasteiger partial charge on any atom is -0.456 e. The Morgan fingerprint density at radius 1 is 0.967 bits per heavy atom. The Bertz CT molecular complexity index is 1150. The lowest BCUT2D eigenvalue weighted by atomic mass is 9.46. The van der Waals surface area contributed by atoms with E-state index in [1.165, 1.54) is 79.8 Å². The van der Waals surface area contributed by atoms with Crippen molar-refractivity contribution in [1.29, 1.82) is 0 Å². The molecule has 1 aromatic heterocycles. The number of hydrogen-bond acceptors (Lipinski definition) is 2.